The molecule has 0 unspecified atom stereocenters. The molecule has 0 atom stereocenters. The molecule has 0 saturated carbocycles. The second-order valence-corrected chi connectivity index (χ2v) is 5.54. The lowest BCUT2D eigenvalue weighted by Gasteiger charge is -2.14. The minimum absolute atomic E-state index is 0.276. The largest absolute Gasteiger partial charge is 0.478 e. The smallest absolute Gasteiger partial charge is 0.336 e. The van der Waals surface area contributed by atoms with E-state index >= 15 is 0 Å². The second-order valence-electron chi connectivity index (χ2n) is 4.68. The predicted molar refractivity (Wildman–Crippen MR) is 74.9 cm³/mol. The summed E-state index contributed by atoms with van der Waals surface area (Å²) in [4.78, 5) is 15.5. The van der Waals surface area contributed by atoms with Gasteiger partial charge in [-0.1, -0.05) is 0 Å². The fourth-order valence-corrected chi connectivity index (χ4v) is 3.06. The zero-order valence-corrected chi connectivity index (χ0v) is 11.9. The number of rotatable bonds is 2. The average Bonchev–Trinajstić information content (AvgIpc) is 2.82. The summed E-state index contributed by atoms with van der Waals surface area (Å²) in [5, 5.41) is 9.03. The van der Waals surface area contributed by atoms with Gasteiger partial charge in [0, 0.05) is 15.9 Å². The number of halogens is 1. The molecule has 0 aliphatic heterocycles. The van der Waals surface area contributed by atoms with Gasteiger partial charge in [0.05, 0.1) is 17.6 Å². The highest BCUT2D eigenvalue weighted by Gasteiger charge is 2.17. The molecule has 2 aromatic rings. The van der Waals surface area contributed by atoms with E-state index in [1.54, 1.807) is 6.07 Å². The summed E-state index contributed by atoms with van der Waals surface area (Å²) in [5.74, 6) is -0.925. The lowest BCUT2D eigenvalue weighted by atomic mass is 10.0. The fourth-order valence-electron chi connectivity index (χ4n) is 2.52. The average molecular weight is 321 g/mol. The minimum Gasteiger partial charge on any atom is -0.478 e. The maximum Gasteiger partial charge on any atom is 0.336 e. The van der Waals surface area contributed by atoms with Crippen LogP contribution in [0, 0.1) is 0 Å². The van der Waals surface area contributed by atoms with Crippen molar-refractivity contribution >= 4 is 21.9 Å². The van der Waals surface area contributed by atoms with Crippen LogP contribution in [0.3, 0.4) is 0 Å². The monoisotopic (exact) mass is 320 g/mol. The van der Waals surface area contributed by atoms with E-state index < -0.39 is 5.97 Å². The number of aryl methyl sites for hydroxylation is 1. The van der Waals surface area contributed by atoms with Crippen molar-refractivity contribution in [3.05, 3.63) is 46.0 Å². The van der Waals surface area contributed by atoms with Gasteiger partial charge in [0.15, 0.2) is 0 Å². The van der Waals surface area contributed by atoms with Crippen LogP contribution in [0.1, 0.15) is 34.6 Å². The zero-order valence-electron chi connectivity index (χ0n) is 10.3. The number of nitrogens with zero attached hydrogens (tertiary/aromatic N) is 2. The van der Waals surface area contributed by atoms with Gasteiger partial charge in [0.25, 0.3) is 0 Å². The van der Waals surface area contributed by atoms with Crippen LogP contribution in [0.15, 0.2) is 29.0 Å². The Hall–Kier alpha value is -1.62. The van der Waals surface area contributed by atoms with Crippen LogP contribution in [-0.2, 0) is 12.8 Å². The number of hydrogen-bond donors (Lipinski definition) is 1. The quantitative estimate of drug-likeness (QED) is 0.924. The van der Waals surface area contributed by atoms with Crippen LogP contribution in [0.5, 0.6) is 0 Å². The summed E-state index contributed by atoms with van der Waals surface area (Å²) in [7, 11) is 0. The molecule has 0 saturated heterocycles. The normalized spacial score (nSPS) is 14.2. The summed E-state index contributed by atoms with van der Waals surface area (Å²) < 4.78 is 2.65. The first kappa shape index (κ1) is 12.4. The van der Waals surface area contributed by atoms with E-state index in [1.807, 2.05) is 18.5 Å². The topological polar surface area (TPSA) is 55.1 Å². The Morgan fingerprint density at radius 3 is 2.84 bits per heavy atom. The van der Waals surface area contributed by atoms with Gasteiger partial charge in [-0.15, -0.1) is 0 Å². The van der Waals surface area contributed by atoms with E-state index in [2.05, 4.69) is 25.5 Å². The van der Waals surface area contributed by atoms with Crippen molar-refractivity contribution in [1.29, 1.82) is 0 Å². The maximum absolute atomic E-state index is 11.0. The Labute approximate surface area is 119 Å². The fraction of sp³-hybridized carbons (Fsp3) is 0.286. The standard InChI is InChI=1S/C14H13BrN2O2/c15-11-7-9(5-6-10(11)14(18)19)17-8-16-12-3-1-2-4-13(12)17/h5-8H,1-4H2,(H,18,19). The highest BCUT2D eigenvalue weighted by Crippen LogP contribution is 2.26. The molecule has 19 heavy (non-hydrogen) atoms. The molecule has 5 heteroatoms. The Kier molecular flexibility index (Phi) is 3.14. The first-order valence-corrected chi connectivity index (χ1v) is 7.04. The molecule has 0 radical (unpaired) electrons. The summed E-state index contributed by atoms with van der Waals surface area (Å²) in [5.41, 5.74) is 3.65. The van der Waals surface area contributed by atoms with Gasteiger partial charge in [-0.2, -0.15) is 0 Å². The van der Waals surface area contributed by atoms with Gasteiger partial charge >= 0.3 is 5.97 Å². The highest BCUT2D eigenvalue weighted by molar-refractivity contribution is 9.10. The van der Waals surface area contributed by atoms with Crippen LogP contribution in [0.2, 0.25) is 0 Å². The van der Waals surface area contributed by atoms with Crippen LogP contribution in [0.25, 0.3) is 5.69 Å². The molecule has 0 amide bonds. The Morgan fingerprint density at radius 2 is 2.11 bits per heavy atom. The lowest BCUT2D eigenvalue weighted by molar-refractivity contribution is 0.0696. The number of aromatic carboxylic acids is 1. The van der Waals surface area contributed by atoms with E-state index in [9.17, 15) is 4.79 Å². The molecular formula is C14H13BrN2O2. The summed E-state index contributed by atoms with van der Waals surface area (Å²) >= 11 is 3.31. The SMILES string of the molecule is O=C(O)c1ccc(-n2cnc3c2CCCC3)cc1Br. The highest BCUT2D eigenvalue weighted by atomic mass is 79.9. The van der Waals surface area contributed by atoms with Gasteiger partial charge in [0.1, 0.15) is 0 Å². The van der Waals surface area contributed by atoms with E-state index in [4.69, 9.17) is 5.11 Å². The van der Waals surface area contributed by atoms with Crippen molar-refractivity contribution in [2.45, 2.75) is 25.7 Å². The molecule has 0 bridgehead atoms. The lowest BCUT2D eigenvalue weighted by Crippen LogP contribution is -2.07. The molecule has 3 rings (SSSR count). The number of carboxylic acids is 1. The van der Waals surface area contributed by atoms with E-state index in [0.29, 0.717) is 4.47 Å². The van der Waals surface area contributed by atoms with Gasteiger partial charge in [0.2, 0.25) is 0 Å². The Balaban J connectivity index is 2.05. The molecule has 98 valence electrons. The summed E-state index contributed by atoms with van der Waals surface area (Å²) in [6.07, 6.45) is 6.29. The molecule has 4 nitrogen and oxygen atoms in total. The van der Waals surface area contributed by atoms with E-state index in [1.165, 1.54) is 24.2 Å². The molecule has 1 heterocycles. The molecule has 0 spiro atoms. The third-order valence-electron chi connectivity index (χ3n) is 3.49. The van der Waals surface area contributed by atoms with Crippen molar-refractivity contribution in [3.63, 3.8) is 0 Å². The van der Waals surface area contributed by atoms with Crippen molar-refractivity contribution < 1.29 is 9.90 Å². The van der Waals surface area contributed by atoms with Crippen molar-refractivity contribution in [3.8, 4) is 5.69 Å². The van der Waals surface area contributed by atoms with Gasteiger partial charge in [-0.05, 0) is 59.8 Å². The molecular weight excluding hydrogens is 308 g/mol. The molecule has 1 aromatic carbocycles. The Morgan fingerprint density at radius 1 is 1.32 bits per heavy atom. The molecule has 1 aromatic heterocycles. The van der Waals surface area contributed by atoms with Crippen molar-refractivity contribution in [2.75, 3.05) is 0 Å². The van der Waals surface area contributed by atoms with Crippen LogP contribution in [-0.4, -0.2) is 20.6 Å². The maximum atomic E-state index is 11.0. The van der Waals surface area contributed by atoms with Crippen LogP contribution in [0.4, 0.5) is 0 Å². The first-order valence-electron chi connectivity index (χ1n) is 6.25. The summed E-state index contributed by atoms with van der Waals surface area (Å²) in [6.45, 7) is 0. The minimum atomic E-state index is -0.925. The summed E-state index contributed by atoms with van der Waals surface area (Å²) in [6, 6.07) is 5.28. The first-order chi connectivity index (χ1) is 9.16. The third-order valence-corrected chi connectivity index (χ3v) is 4.15. The van der Waals surface area contributed by atoms with Crippen molar-refractivity contribution in [1.82, 2.24) is 9.55 Å². The number of carboxylic acid groups (broad SMARTS) is 1. The number of fused-ring (bicyclic) bond motifs is 1. The van der Waals surface area contributed by atoms with Crippen LogP contribution >= 0.6 is 15.9 Å². The number of benzene rings is 1. The molecule has 1 aliphatic rings. The van der Waals surface area contributed by atoms with Gasteiger partial charge in [-0.25, -0.2) is 9.78 Å². The van der Waals surface area contributed by atoms with Gasteiger partial charge < -0.3 is 9.67 Å². The second kappa shape index (κ2) is 4.81. The van der Waals surface area contributed by atoms with Crippen LogP contribution < -0.4 is 0 Å². The number of aromatic nitrogens is 2. The Bertz CT molecular complexity index is 649. The number of carbonyl (C=O) groups is 1. The van der Waals surface area contributed by atoms with Crippen molar-refractivity contribution in [2.24, 2.45) is 0 Å². The molecule has 1 N–H and O–H groups in total. The van der Waals surface area contributed by atoms with E-state index in [0.717, 1.165) is 18.5 Å². The molecule has 0 fully saturated rings. The predicted octanol–water partition coefficient (Wildman–Crippen LogP) is 3.21. The third kappa shape index (κ3) is 2.18. The van der Waals surface area contributed by atoms with E-state index in [-0.39, 0.29) is 5.56 Å². The number of hydrogen-bond acceptors (Lipinski definition) is 2. The zero-order chi connectivity index (χ0) is 13.4. The number of imidazole rings is 1. The van der Waals surface area contributed by atoms with Gasteiger partial charge in [-0.3, -0.25) is 0 Å². The molecule has 1 aliphatic carbocycles.